The normalized spacial score (nSPS) is 14.9. The Morgan fingerprint density at radius 3 is 3.12 bits per heavy atom. The first-order valence-electron chi connectivity index (χ1n) is 5.24. The standard InChI is InChI=1S/C11H12N4O/c1-16-9-4-2-3-8-7-15(14-10(8)9)11-12-5-6-13-11/h2-4,7H,5-6H2,1H3,(H,12,13)/p+1. The average molecular weight is 217 g/mol. The Morgan fingerprint density at radius 2 is 2.38 bits per heavy atom. The van der Waals surface area contributed by atoms with E-state index in [0.29, 0.717) is 0 Å². The molecule has 0 saturated carbocycles. The lowest BCUT2D eigenvalue weighted by Crippen LogP contribution is -2.50. The average Bonchev–Trinajstić information content (AvgIpc) is 2.96. The second kappa shape index (κ2) is 3.52. The monoisotopic (exact) mass is 217 g/mol. The van der Waals surface area contributed by atoms with E-state index in [9.17, 15) is 0 Å². The van der Waals surface area contributed by atoms with E-state index in [1.165, 1.54) is 0 Å². The van der Waals surface area contributed by atoms with Crippen LogP contribution in [-0.4, -0.2) is 31.3 Å². The number of rotatable bonds is 1. The number of H-pyrrole nitrogens is 1. The van der Waals surface area contributed by atoms with Crippen molar-refractivity contribution in [1.82, 2.24) is 10.4 Å². The summed E-state index contributed by atoms with van der Waals surface area (Å²) in [5, 5.41) is 7.57. The van der Waals surface area contributed by atoms with Gasteiger partial charge < -0.3 is 4.74 Å². The number of ether oxygens (including phenoxy) is 1. The molecule has 82 valence electrons. The van der Waals surface area contributed by atoms with Crippen LogP contribution in [0.5, 0.6) is 5.75 Å². The molecule has 0 atom stereocenters. The van der Waals surface area contributed by atoms with Gasteiger partial charge in [-0.05, 0) is 12.1 Å². The Balaban J connectivity index is 2.15. The van der Waals surface area contributed by atoms with E-state index < -0.39 is 0 Å². The fourth-order valence-corrected chi connectivity index (χ4v) is 1.90. The number of aromatic nitrogens is 2. The van der Waals surface area contributed by atoms with Gasteiger partial charge in [-0.2, -0.15) is 0 Å². The molecular formula is C11H13N4O+. The molecule has 0 amide bonds. The molecule has 0 bridgehead atoms. The molecule has 0 fully saturated rings. The topological polar surface area (TPSA) is 53.3 Å². The van der Waals surface area contributed by atoms with E-state index in [-0.39, 0.29) is 0 Å². The molecule has 5 nitrogen and oxygen atoms in total. The molecule has 0 saturated heterocycles. The van der Waals surface area contributed by atoms with Crippen LogP contribution in [0, 0.1) is 0 Å². The number of nitrogens with zero attached hydrogens (tertiary/aromatic N) is 2. The van der Waals surface area contributed by atoms with Crippen LogP contribution in [0.3, 0.4) is 0 Å². The molecule has 1 aliphatic heterocycles. The summed E-state index contributed by atoms with van der Waals surface area (Å²) in [6.45, 7) is 1.73. The number of benzene rings is 1. The summed E-state index contributed by atoms with van der Waals surface area (Å²) >= 11 is 0. The van der Waals surface area contributed by atoms with E-state index >= 15 is 0 Å². The van der Waals surface area contributed by atoms with Crippen molar-refractivity contribution >= 4 is 16.9 Å². The van der Waals surface area contributed by atoms with Gasteiger partial charge in [0.05, 0.1) is 13.7 Å². The molecule has 1 aliphatic rings. The molecule has 0 spiro atoms. The Hall–Kier alpha value is -2.04. The molecule has 0 unspecified atom stereocenters. The first-order chi connectivity index (χ1) is 7.88. The number of hydrogen-bond acceptors (Lipinski definition) is 3. The van der Waals surface area contributed by atoms with Crippen LogP contribution >= 0.6 is 0 Å². The lowest BCUT2D eigenvalue weighted by molar-refractivity contribution is -0.618. The van der Waals surface area contributed by atoms with Crippen LogP contribution in [0.2, 0.25) is 0 Å². The van der Waals surface area contributed by atoms with E-state index in [4.69, 9.17) is 4.74 Å². The molecule has 2 heterocycles. The van der Waals surface area contributed by atoms with Gasteiger partial charge in [0.1, 0.15) is 24.0 Å². The molecule has 3 rings (SSSR count). The summed E-state index contributed by atoms with van der Waals surface area (Å²) < 4.78 is 7.19. The summed E-state index contributed by atoms with van der Waals surface area (Å²) in [4.78, 5) is 4.35. The van der Waals surface area contributed by atoms with Crippen LogP contribution in [0.4, 0.5) is 0 Å². The smallest absolute Gasteiger partial charge is 0.408 e. The third-order valence-electron chi connectivity index (χ3n) is 2.66. The Morgan fingerprint density at radius 1 is 1.44 bits per heavy atom. The van der Waals surface area contributed by atoms with Crippen molar-refractivity contribution in [3.63, 3.8) is 0 Å². The number of para-hydroxylation sites is 1. The van der Waals surface area contributed by atoms with E-state index in [1.54, 1.807) is 7.11 Å². The van der Waals surface area contributed by atoms with Crippen molar-refractivity contribution in [1.29, 1.82) is 0 Å². The molecule has 0 radical (unpaired) electrons. The molecule has 1 aromatic heterocycles. The minimum Gasteiger partial charge on any atom is -0.494 e. The van der Waals surface area contributed by atoms with Crippen LogP contribution in [-0.2, 0) is 0 Å². The van der Waals surface area contributed by atoms with Crippen LogP contribution in [0.1, 0.15) is 0 Å². The van der Waals surface area contributed by atoms with Crippen molar-refractivity contribution in [2.45, 2.75) is 0 Å². The van der Waals surface area contributed by atoms with Crippen molar-refractivity contribution in [2.75, 3.05) is 20.2 Å². The van der Waals surface area contributed by atoms with Gasteiger partial charge >= 0.3 is 5.96 Å². The Labute approximate surface area is 92.7 Å². The van der Waals surface area contributed by atoms with Gasteiger partial charge in [-0.3, -0.25) is 5.32 Å². The molecule has 0 aliphatic carbocycles. The zero-order chi connectivity index (χ0) is 11.0. The van der Waals surface area contributed by atoms with Gasteiger partial charge in [0.2, 0.25) is 0 Å². The van der Waals surface area contributed by atoms with E-state index in [0.717, 1.165) is 35.7 Å². The van der Waals surface area contributed by atoms with Crippen molar-refractivity contribution in [2.24, 2.45) is 4.99 Å². The zero-order valence-corrected chi connectivity index (χ0v) is 9.03. The molecule has 16 heavy (non-hydrogen) atoms. The minimum atomic E-state index is 0.828. The number of methoxy groups -OCH3 is 1. The second-order valence-corrected chi connectivity index (χ2v) is 3.67. The highest BCUT2D eigenvalue weighted by Gasteiger charge is 2.19. The second-order valence-electron chi connectivity index (χ2n) is 3.67. The van der Waals surface area contributed by atoms with E-state index in [2.05, 4.69) is 15.4 Å². The van der Waals surface area contributed by atoms with Gasteiger partial charge in [-0.15, -0.1) is 9.67 Å². The predicted octanol–water partition coefficient (Wildman–Crippen LogP) is 0.271. The Bertz CT molecular complexity index is 558. The van der Waals surface area contributed by atoms with Crippen LogP contribution < -0.4 is 14.7 Å². The molecule has 2 aromatic rings. The maximum atomic E-state index is 5.30. The molecular weight excluding hydrogens is 204 g/mol. The van der Waals surface area contributed by atoms with Crippen molar-refractivity contribution in [3.05, 3.63) is 24.4 Å². The van der Waals surface area contributed by atoms with Crippen molar-refractivity contribution < 1.29 is 9.42 Å². The summed E-state index contributed by atoms with van der Waals surface area (Å²) in [5.41, 5.74) is 0.987. The SMILES string of the molecule is COc1cccc2c[n+](C3=NCCN3)[nH]c12. The lowest BCUT2D eigenvalue weighted by Gasteiger charge is -1.98. The van der Waals surface area contributed by atoms with Crippen molar-refractivity contribution in [3.8, 4) is 5.75 Å². The molecule has 2 N–H and O–H groups in total. The fraction of sp³-hybridized carbons (Fsp3) is 0.273. The largest absolute Gasteiger partial charge is 0.494 e. The lowest BCUT2D eigenvalue weighted by atomic mass is 10.2. The molecule has 1 aromatic carbocycles. The third-order valence-corrected chi connectivity index (χ3v) is 2.66. The number of aromatic amines is 1. The minimum absolute atomic E-state index is 0.828. The maximum absolute atomic E-state index is 5.30. The van der Waals surface area contributed by atoms with Crippen LogP contribution in [0.25, 0.3) is 10.9 Å². The van der Waals surface area contributed by atoms with Gasteiger partial charge in [0, 0.05) is 5.39 Å². The van der Waals surface area contributed by atoms with Gasteiger partial charge in [0.25, 0.3) is 0 Å². The first-order valence-corrected chi connectivity index (χ1v) is 5.24. The van der Waals surface area contributed by atoms with Gasteiger partial charge in [-0.25, -0.2) is 5.10 Å². The van der Waals surface area contributed by atoms with Gasteiger partial charge in [0.15, 0.2) is 0 Å². The molecule has 5 heteroatoms. The van der Waals surface area contributed by atoms with Gasteiger partial charge in [-0.1, -0.05) is 6.07 Å². The number of nitrogens with one attached hydrogen (secondary N) is 2. The summed E-state index contributed by atoms with van der Waals surface area (Å²) in [6, 6.07) is 5.96. The number of aliphatic imine (C=N–C) groups is 1. The maximum Gasteiger partial charge on any atom is 0.408 e. The fourth-order valence-electron chi connectivity index (χ4n) is 1.90. The first kappa shape index (κ1) is 9.21. The highest BCUT2D eigenvalue weighted by atomic mass is 16.5. The quantitative estimate of drug-likeness (QED) is 0.674. The zero-order valence-electron chi connectivity index (χ0n) is 9.03. The van der Waals surface area contributed by atoms with E-state index in [1.807, 2.05) is 29.1 Å². The highest BCUT2D eigenvalue weighted by Crippen LogP contribution is 2.21. The summed E-state index contributed by atoms with van der Waals surface area (Å²) in [5.74, 6) is 1.70. The summed E-state index contributed by atoms with van der Waals surface area (Å²) in [7, 11) is 1.67. The highest BCUT2D eigenvalue weighted by molar-refractivity contribution is 5.84. The number of hydrogen-bond donors (Lipinski definition) is 2. The number of fused-ring (bicyclic) bond motifs is 1. The van der Waals surface area contributed by atoms with Crippen LogP contribution in [0.15, 0.2) is 29.4 Å². The Kier molecular flexibility index (Phi) is 2.02. The predicted molar refractivity (Wildman–Crippen MR) is 60.7 cm³/mol. The third kappa shape index (κ3) is 1.32. The summed E-state index contributed by atoms with van der Waals surface area (Å²) in [6.07, 6.45) is 2.01.